The van der Waals surface area contributed by atoms with Crippen molar-refractivity contribution < 1.29 is 18.8 Å². The fourth-order valence-electron chi connectivity index (χ4n) is 2.04. The van der Waals surface area contributed by atoms with Gasteiger partial charge in [0.2, 0.25) is 0 Å². The van der Waals surface area contributed by atoms with E-state index in [0.29, 0.717) is 11.1 Å². The van der Waals surface area contributed by atoms with Gasteiger partial charge in [0.1, 0.15) is 11.6 Å². The van der Waals surface area contributed by atoms with Crippen LogP contribution in [0.5, 0.6) is 5.75 Å². The van der Waals surface area contributed by atoms with Crippen molar-refractivity contribution >= 4 is 13.2 Å². The van der Waals surface area contributed by atoms with Crippen molar-refractivity contribution in [2.45, 2.75) is 45.8 Å². The second kappa shape index (κ2) is 4.90. The number of hydrogen-bond donors (Lipinski definition) is 1. The van der Waals surface area contributed by atoms with Gasteiger partial charge in [0.25, 0.3) is 0 Å². The Hall–Kier alpha value is -1.33. The van der Waals surface area contributed by atoms with Crippen LogP contribution in [-0.4, -0.2) is 23.4 Å². The molecule has 108 valence electrons. The lowest BCUT2D eigenvalue weighted by Gasteiger charge is -2.32. The lowest BCUT2D eigenvalue weighted by molar-refractivity contribution is 0.00578. The molecular weight excluding hydrogens is 258 g/mol. The van der Waals surface area contributed by atoms with E-state index >= 15 is 0 Å². The van der Waals surface area contributed by atoms with Gasteiger partial charge in [-0.15, -0.1) is 0 Å². The number of halogens is 1. The lowest BCUT2D eigenvalue weighted by atomic mass is 9.89. The SMILES string of the molecule is Cc1cc(F)cc(/C=C/B2OC(C)(C)C(C)(C)O2)c1O. The maximum Gasteiger partial charge on any atom is 0.487 e. The Bertz CT molecular complexity index is 536. The number of phenolic OH excluding ortho intramolecular Hbond substituents is 1. The summed E-state index contributed by atoms with van der Waals surface area (Å²) >= 11 is 0. The topological polar surface area (TPSA) is 38.7 Å². The van der Waals surface area contributed by atoms with Gasteiger partial charge in [-0.25, -0.2) is 4.39 Å². The smallest absolute Gasteiger partial charge is 0.487 e. The molecule has 0 radical (unpaired) electrons. The number of rotatable bonds is 2. The summed E-state index contributed by atoms with van der Waals surface area (Å²) in [6.45, 7) is 9.51. The molecule has 0 saturated carbocycles. The van der Waals surface area contributed by atoms with Crippen LogP contribution in [0.2, 0.25) is 0 Å². The largest absolute Gasteiger partial charge is 0.507 e. The van der Waals surface area contributed by atoms with E-state index in [9.17, 15) is 9.50 Å². The maximum atomic E-state index is 13.3. The molecule has 0 aromatic heterocycles. The summed E-state index contributed by atoms with van der Waals surface area (Å²) in [5.74, 6) is 1.37. The zero-order valence-corrected chi connectivity index (χ0v) is 12.5. The monoisotopic (exact) mass is 278 g/mol. The van der Waals surface area contributed by atoms with Gasteiger partial charge in [-0.1, -0.05) is 12.1 Å². The molecule has 1 saturated heterocycles. The third kappa shape index (κ3) is 2.74. The number of aryl methyl sites for hydroxylation is 1. The van der Waals surface area contributed by atoms with Gasteiger partial charge >= 0.3 is 7.12 Å². The van der Waals surface area contributed by atoms with Crippen LogP contribution in [0.4, 0.5) is 4.39 Å². The Balaban J connectivity index is 2.20. The van der Waals surface area contributed by atoms with Crippen LogP contribution in [-0.2, 0) is 9.31 Å². The zero-order chi connectivity index (χ0) is 15.1. The van der Waals surface area contributed by atoms with Gasteiger partial charge in [0.15, 0.2) is 0 Å². The average Bonchev–Trinajstić information content (AvgIpc) is 2.50. The summed E-state index contributed by atoms with van der Waals surface area (Å²) in [7, 11) is -0.511. The first-order valence-corrected chi connectivity index (χ1v) is 6.65. The summed E-state index contributed by atoms with van der Waals surface area (Å²) in [6.07, 6.45) is 1.62. The molecule has 20 heavy (non-hydrogen) atoms. The number of hydrogen-bond acceptors (Lipinski definition) is 3. The Labute approximate surface area is 119 Å². The molecule has 1 aliphatic rings. The summed E-state index contributed by atoms with van der Waals surface area (Å²) < 4.78 is 25.0. The first-order valence-electron chi connectivity index (χ1n) is 6.65. The molecule has 0 atom stereocenters. The fourth-order valence-corrected chi connectivity index (χ4v) is 2.04. The lowest BCUT2D eigenvalue weighted by Crippen LogP contribution is -2.41. The highest BCUT2D eigenvalue weighted by Gasteiger charge is 2.50. The summed E-state index contributed by atoms with van der Waals surface area (Å²) in [5, 5.41) is 9.90. The van der Waals surface area contributed by atoms with Gasteiger partial charge in [-0.2, -0.15) is 0 Å². The van der Waals surface area contributed by atoms with Crippen LogP contribution < -0.4 is 0 Å². The third-order valence-electron chi connectivity index (χ3n) is 4.00. The van der Waals surface area contributed by atoms with Crippen LogP contribution in [0.15, 0.2) is 18.1 Å². The second-order valence-corrected chi connectivity index (χ2v) is 6.14. The van der Waals surface area contributed by atoms with Crippen molar-refractivity contribution in [1.82, 2.24) is 0 Å². The minimum Gasteiger partial charge on any atom is -0.507 e. The minimum absolute atomic E-state index is 0.0687. The molecule has 2 rings (SSSR count). The highest BCUT2D eigenvalue weighted by Crippen LogP contribution is 2.37. The van der Waals surface area contributed by atoms with Gasteiger partial charge in [0, 0.05) is 5.56 Å². The molecule has 3 nitrogen and oxygen atoms in total. The zero-order valence-electron chi connectivity index (χ0n) is 12.5. The van der Waals surface area contributed by atoms with E-state index in [2.05, 4.69) is 0 Å². The van der Waals surface area contributed by atoms with E-state index in [-0.39, 0.29) is 11.6 Å². The maximum absolute atomic E-state index is 13.3. The van der Waals surface area contributed by atoms with Crippen LogP contribution in [0, 0.1) is 12.7 Å². The van der Waals surface area contributed by atoms with E-state index in [4.69, 9.17) is 9.31 Å². The Morgan fingerprint density at radius 3 is 2.25 bits per heavy atom. The van der Waals surface area contributed by atoms with Crippen molar-refractivity contribution in [1.29, 1.82) is 0 Å². The van der Waals surface area contributed by atoms with Gasteiger partial charge in [0.05, 0.1) is 11.2 Å². The molecule has 0 aliphatic carbocycles. The van der Waals surface area contributed by atoms with Gasteiger partial charge in [-0.3, -0.25) is 0 Å². The van der Waals surface area contributed by atoms with E-state index < -0.39 is 18.3 Å². The van der Waals surface area contributed by atoms with E-state index in [1.807, 2.05) is 27.7 Å². The van der Waals surface area contributed by atoms with Gasteiger partial charge < -0.3 is 14.4 Å². The van der Waals surface area contributed by atoms with Crippen LogP contribution in [0.1, 0.15) is 38.8 Å². The normalized spacial score (nSPS) is 20.8. The van der Waals surface area contributed by atoms with Crippen molar-refractivity contribution in [3.05, 3.63) is 35.1 Å². The van der Waals surface area contributed by atoms with Gasteiger partial charge in [-0.05, 0) is 52.3 Å². The second-order valence-electron chi connectivity index (χ2n) is 6.14. The molecule has 1 aliphatic heterocycles. The molecule has 0 amide bonds. The van der Waals surface area contributed by atoms with E-state index in [0.717, 1.165) is 0 Å². The molecule has 0 spiro atoms. The molecule has 1 heterocycles. The number of phenols is 1. The molecule has 0 unspecified atom stereocenters. The molecule has 1 aromatic carbocycles. The van der Waals surface area contributed by atoms with Crippen molar-refractivity contribution in [2.24, 2.45) is 0 Å². The van der Waals surface area contributed by atoms with Crippen molar-refractivity contribution in [3.63, 3.8) is 0 Å². The predicted octanol–water partition coefficient (Wildman–Crippen LogP) is 3.48. The molecular formula is C15H20BFO3. The van der Waals surface area contributed by atoms with Crippen LogP contribution in [0.3, 0.4) is 0 Å². The number of aromatic hydroxyl groups is 1. The molecule has 0 bridgehead atoms. The van der Waals surface area contributed by atoms with E-state index in [1.165, 1.54) is 12.1 Å². The Kier molecular flexibility index (Phi) is 3.69. The molecule has 5 heteroatoms. The highest BCUT2D eigenvalue weighted by molar-refractivity contribution is 6.52. The quantitative estimate of drug-likeness (QED) is 0.842. The standard InChI is InChI=1S/C15H20BFO3/c1-10-8-12(17)9-11(13(10)18)6-7-16-19-14(2,3)15(4,5)20-16/h6-9,18H,1-5H3/b7-6+. The van der Waals surface area contributed by atoms with Crippen LogP contribution in [0.25, 0.3) is 6.08 Å². The first-order chi connectivity index (χ1) is 9.12. The highest BCUT2D eigenvalue weighted by atomic mass is 19.1. The molecule has 1 N–H and O–H groups in total. The minimum atomic E-state index is -0.511. The van der Waals surface area contributed by atoms with E-state index in [1.54, 1.807) is 19.0 Å². The predicted molar refractivity (Wildman–Crippen MR) is 77.9 cm³/mol. The fraction of sp³-hybridized carbons (Fsp3) is 0.467. The van der Waals surface area contributed by atoms with Crippen molar-refractivity contribution in [3.8, 4) is 5.75 Å². The third-order valence-corrected chi connectivity index (χ3v) is 4.00. The molecule has 1 fully saturated rings. The first kappa shape index (κ1) is 15.1. The molecule has 1 aromatic rings. The summed E-state index contributed by atoms with van der Waals surface area (Å²) in [6, 6.07) is 2.57. The van der Waals surface area contributed by atoms with Crippen molar-refractivity contribution in [2.75, 3.05) is 0 Å². The Morgan fingerprint density at radius 2 is 1.70 bits per heavy atom. The van der Waals surface area contributed by atoms with Crippen LogP contribution >= 0.6 is 0 Å². The Morgan fingerprint density at radius 1 is 1.15 bits per heavy atom. The summed E-state index contributed by atoms with van der Waals surface area (Å²) in [5.41, 5.74) is 0.0832. The summed E-state index contributed by atoms with van der Waals surface area (Å²) in [4.78, 5) is 0. The number of benzene rings is 1. The average molecular weight is 278 g/mol.